The molecule has 10 heavy (non-hydrogen) atoms. The SMILES string of the molecule is C=C1C(=NC)CCNC1C. The van der Waals surface area contributed by atoms with Gasteiger partial charge in [-0.2, -0.15) is 0 Å². The number of hydrogen-bond acceptors (Lipinski definition) is 2. The Morgan fingerprint density at radius 2 is 2.40 bits per heavy atom. The van der Waals surface area contributed by atoms with Crippen molar-refractivity contribution in [3.63, 3.8) is 0 Å². The number of hydrogen-bond donors (Lipinski definition) is 1. The van der Waals surface area contributed by atoms with E-state index in [1.54, 1.807) is 0 Å². The van der Waals surface area contributed by atoms with Crippen molar-refractivity contribution in [1.29, 1.82) is 0 Å². The highest BCUT2D eigenvalue weighted by Crippen LogP contribution is 2.09. The van der Waals surface area contributed by atoms with Gasteiger partial charge in [-0.15, -0.1) is 0 Å². The lowest BCUT2D eigenvalue weighted by atomic mass is 9.99. The van der Waals surface area contributed by atoms with E-state index in [0.29, 0.717) is 6.04 Å². The number of nitrogens with zero attached hydrogens (tertiary/aromatic N) is 1. The summed E-state index contributed by atoms with van der Waals surface area (Å²) in [5.41, 5.74) is 2.32. The Hall–Kier alpha value is -0.630. The van der Waals surface area contributed by atoms with Crippen molar-refractivity contribution in [3.05, 3.63) is 12.2 Å². The zero-order chi connectivity index (χ0) is 7.56. The summed E-state index contributed by atoms with van der Waals surface area (Å²) < 4.78 is 0. The highest BCUT2D eigenvalue weighted by Gasteiger charge is 2.16. The van der Waals surface area contributed by atoms with Crippen LogP contribution in [0.25, 0.3) is 0 Å². The maximum Gasteiger partial charge on any atom is 0.0399 e. The molecule has 1 fully saturated rings. The highest BCUT2D eigenvalue weighted by molar-refractivity contribution is 6.01. The first-order valence-electron chi connectivity index (χ1n) is 3.64. The minimum atomic E-state index is 0.410. The summed E-state index contributed by atoms with van der Waals surface area (Å²) in [5.74, 6) is 0. The van der Waals surface area contributed by atoms with Crippen LogP contribution in [0.1, 0.15) is 13.3 Å². The quantitative estimate of drug-likeness (QED) is 0.530. The summed E-state index contributed by atoms with van der Waals surface area (Å²) in [5, 5.41) is 3.32. The maximum atomic E-state index is 4.16. The third-order valence-corrected chi connectivity index (χ3v) is 1.98. The fraction of sp³-hybridized carbons (Fsp3) is 0.625. The highest BCUT2D eigenvalue weighted by atomic mass is 14.9. The van der Waals surface area contributed by atoms with Gasteiger partial charge in [0.15, 0.2) is 0 Å². The summed E-state index contributed by atoms with van der Waals surface area (Å²) in [6.07, 6.45) is 1.03. The zero-order valence-electron chi connectivity index (χ0n) is 6.65. The molecule has 1 aliphatic heterocycles. The van der Waals surface area contributed by atoms with Crippen LogP contribution in [0.5, 0.6) is 0 Å². The van der Waals surface area contributed by atoms with Crippen LogP contribution in [-0.4, -0.2) is 25.3 Å². The first-order chi connectivity index (χ1) is 4.75. The molecule has 1 N–H and O–H groups in total. The van der Waals surface area contributed by atoms with Crippen LogP contribution in [0.15, 0.2) is 17.1 Å². The van der Waals surface area contributed by atoms with Crippen molar-refractivity contribution in [2.45, 2.75) is 19.4 Å². The van der Waals surface area contributed by atoms with Crippen LogP contribution in [0, 0.1) is 0 Å². The Morgan fingerprint density at radius 3 is 2.90 bits per heavy atom. The van der Waals surface area contributed by atoms with E-state index in [4.69, 9.17) is 0 Å². The molecule has 0 aromatic rings. The second-order valence-corrected chi connectivity index (χ2v) is 2.62. The number of nitrogens with one attached hydrogen (secondary N) is 1. The summed E-state index contributed by atoms with van der Waals surface area (Å²) in [4.78, 5) is 4.16. The van der Waals surface area contributed by atoms with Crippen LogP contribution in [0.2, 0.25) is 0 Å². The first-order valence-corrected chi connectivity index (χ1v) is 3.64. The predicted octanol–water partition coefficient (Wildman–Crippen LogP) is 0.995. The van der Waals surface area contributed by atoms with Gasteiger partial charge >= 0.3 is 0 Å². The zero-order valence-corrected chi connectivity index (χ0v) is 6.65. The number of piperidine rings is 1. The fourth-order valence-corrected chi connectivity index (χ4v) is 1.20. The Balaban J connectivity index is 2.69. The van der Waals surface area contributed by atoms with Gasteiger partial charge in [-0.25, -0.2) is 0 Å². The van der Waals surface area contributed by atoms with E-state index in [0.717, 1.165) is 18.5 Å². The van der Waals surface area contributed by atoms with Gasteiger partial charge in [-0.05, 0) is 12.5 Å². The second-order valence-electron chi connectivity index (χ2n) is 2.62. The van der Waals surface area contributed by atoms with Gasteiger partial charge in [0.1, 0.15) is 0 Å². The molecular weight excluding hydrogens is 124 g/mol. The van der Waals surface area contributed by atoms with Crippen molar-refractivity contribution < 1.29 is 0 Å². The number of aliphatic imine (C=N–C) groups is 1. The molecule has 0 radical (unpaired) electrons. The van der Waals surface area contributed by atoms with E-state index in [-0.39, 0.29) is 0 Å². The van der Waals surface area contributed by atoms with Gasteiger partial charge < -0.3 is 5.32 Å². The van der Waals surface area contributed by atoms with Gasteiger partial charge in [0.2, 0.25) is 0 Å². The smallest absolute Gasteiger partial charge is 0.0399 e. The summed E-state index contributed by atoms with van der Waals surface area (Å²) >= 11 is 0. The fourth-order valence-electron chi connectivity index (χ4n) is 1.20. The van der Waals surface area contributed by atoms with E-state index < -0.39 is 0 Å². The van der Waals surface area contributed by atoms with Crippen molar-refractivity contribution in [2.24, 2.45) is 4.99 Å². The second kappa shape index (κ2) is 2.97. The van der Waals surface area contributed by atoms with E-state index >= 15 is 0 Å². The molecule has 1 rings (SSSR count). The van der Waals surface area contributed by atoms with Crippen LogP contribution in [0.3, 0.4) is 0 Å². The lowest BCUT2D eigenvalue weighted by molar-refractivity contribution is 0.608. The molecule has 0 amide bonds. The molecule has 56 valence electrons. The maximum absolute atomic E-state index is 4.16. The predicted molar refractivity (Wildman–Crippen MR) is 44.6 cm³/mol. The largest absolute Gasteiger partial charge is 0.310 e. The molecular formula is C8H14N2. The molecule has 1 saturated heterocycles. The third-order valence-electron chi connectivity index (χ3n) is 1.98. The first kappa shape index (κ1) is 7.48. The topological polar surface area (TPSA) is 24.4 Å². The molecule has 1 heterocycles. The summed E-state index contributed by atoms with van der Waals surface area (Å²) in [6.45, 7) is 7.11. The van der Waals surface area contributed by atoms with Gasteiger partial charge in [0.05, 0.1) is 0 Å². The van der Waals surface area contributed by atoms with Crippen molar-refractivity contribution in [1.82, 2.24) is 5.32 Å². The van der Waals surface area contributed by atoms with Gasteiger partial charge in [-0.3, -0.25) is 4.99 Å². The molecule has 1 atom stereocenters. The Labute approximate surface area is 62.0 Å². The van der Waals surface area contributed by atoms with E-state index in [1.807, 2.05) is 7.05 Å². The molecule has 0 aliphatic carbocycles. The molecule has 0 saturated carbocycles. The molecule has 0 bridgehead atoms. The van der Waals surface area contributed by atoms with Crippen molar-refractivity contribution >= 4 is 5.71 Å². The average molecular weight is 138 g/mol. The summed E-state index contributed by atoms with van der Waals surface area (Å²) in [6, 6.07) is 0.410. The third kappa shape index (κ3) is 1.27. The number of rotatable bonds is 0. The average Bonchev–Trinajstić information content (AvgIpc) is 1.95. The van der Waals surface area contributed by atoms with Gasteiger partial charge in [0.25, 0.3) is 0 Å². The van der Waals surface area contributed by atoms with Crippen LogP contribution in [0.4, 0.5) is 0 Å². The standard InChI is InChI=1S/C8H14N2/c1-6-7(2)10-5-4-8(6)9-3/h7,10H,1,4-5H2,2-3H3. The molecule has 1 aliphatic rings. The van der Waals surface area contributed by atoms with E-state index in [1.165, 1.54) is 5.71 Å². The Kier molecular flexibility index (Phi) is 2.22. The van der Waals surface area contributed by atoms with Crippen LogP contribution < -0.4 is 5.32 Å². The van der Waals surface area contributed by atoms with E-state index in [9.17, 15) is 0 Å². The van der Waals surface area contributed by atoms with Crippen LogP contribution in [-0.2, 0) is 0 Å². The molecule has 2 nitrogen and oxygen atoms in total. The summed E-state index contributed by atoms with van der Waals surface area (Å²) in [7, 11) is 1.83. The van der Waals surface area contributed by atoms with Crippen molar-refractivity contribution in [2.75, 3.05) is 13.6 Å². The normalized spacial score (nSPS) is 31.2. The van der Waals surface area contributed by atoms with Crippen LogP contribution >= 0.6 is 0 Å². The molecule has 0 spiro atoms. The monoisotopic (exact) mass is 138 g/mol. The van der Waals surface area contributed by atoms with E-state index in [2.05, 4.69) is 23.8 Å². The lowest BCUT2D eigenvalue weighted by Crippen LogP contribution is -2.38. The molecule has 0 aromatic heterocycles. The molecule has 1 unspecified atom stereocenters. The molecule has 0 aromatic carbocycles. The molecule has 2 heteroatoms. The van der Waals surface area contributed by atoms with Gasteiger partial charge in [-0.1, -0.05) is 6.58 Å². The van der Waals surface area contributed by atoms with Crippen molar-refractivity contribution in [3.8, 4) is 0 Å². The lowest BCUT2D eigenvalue weighted by Gasteiger charge is -2.23. The Bertz CT molecular complexity index is 170. The van der Waals surface area contributed by atoms with Gasteiger partial charge in [0, 0.05) is 31.8 Å². The Morgan fingerprint density at radius 1 is 1.70 bits per heavy atom. The minimum absolute atomic E-state index is 0.410. The minimum Gasteiger partial charge on any atom is -0.310 e.